The molecule has 0 unspecified atom stereocenters. The molecule has 0 aromatic rings. The molecule has 0 aliphatic carbocycles. The number of amides is 2. The first kappa shape index (κ1) is 17.1. The Hall–Kier alpha value is -1.22. The highest BCUT2D eigenvalue weighted by Gasteiger charge is 2.31. The summed E-state index contributed by atoms with van der Waals surface area (Å²) >= 11 is 0. The van der Waals surface area contributed by atoms with Crippen molar-refractivity contribution in [3.63, 3.8) is 0 Å². The quantitative estimate of drug-likeness (QED) is 0.544. The summed E-state index contributed by atoms with van der Waals surface area (Å²) in [6.45, 7) is 8.55. The van der Waals surface area contributed by atoms with Crippen LogP contribution in [0.25, 0.3) is 0 Å². The molecule has 4 N–H and O–H groups in total. The smallest absolute Gasteiger partial charge is 0.312 e. The van der Waals surface area contributed by atoms with Crippen molar-refractivity contribution >= 4 is 11.8 Å². The fraction of sp³-hybridized carbons (Fsp3) is 0.857. The predicted molar refractivity (Wildman–Crippen MR) is 84.1 cm³/mol. The highest BCUT2D eigenvalue weighted by Crippen LogP contribution is 2.06. The number of hydrogen-bond acceptors (Lipinski definition) is 6. The van der Waals surface area contributed by atoms with E-state index < -0.39 is 0 Å². The van der Waals surface area contributed by atoms with Gasteiger partial charge in [0.05, 0.1) is 0 Å². The van der Waals surface area contributed by atoms with E-state index in [4.69, 9.17) is 11.5 Å². The molecular formula is C14H28N6O2. The van der Waals surface area contributed by atoms with E-state index in [0.717, 1.165) is 39.3 Å². The molecule has 22 heavy (non-hydrogen) atoms. The van der Waals surface area contributed by atoms with E-state index in [0.29, 0.717) is 39.3 Å². The van der Waals surface area contributed by atoms with Gasteiger partial charge in [-0.05, 0) is 0 Å². The van der Waals surface area contributed by atoms with E-state index in [1.807, 2.05) is 0 Å². The van der Waals surface area contributed by atoms with Crippen molar-refractivity contribution in [1.82, 2.24) is 19.6 Å². The fourth-order valence-corrected chi connectivity index (χ4v) is 2.98. The molecule has 0 bridgehead atoms. The minimum absolute atomic E-state index is 0.361. The second kappa shape index (κ2) is 8.42. The van der Waals surface area contributed by atoms with Crippen molar-refractivity contribution in [2.75, 3.05) is 78.5 Å². The Balaban J connectivity index is 1.77. The summed E-state index contributed by atoms with van der Waals surface area (Å²) in [5.41, 5.74) is 11.1. The fourth-order valence-electron chi connectivity index (χ4n) is 2.98. The first-order valence-corrected chi connectivity index (χ1v) is 8.08. The number of carbonyl (C=O) groups excluding carboxylic acids is 2. The molecule has 0 aromatic heterocycles. The Morgan fingerprint density at radius 1 is 0.636 bits per heavy atom. The summed E-state index contributed by atoms with van der Waals surface area (Å²) in [4.78, 5) is 32.4. The largest absolute Gasteiger partial charge is 0.332 e. The number of hydrogen-bond donors (Lipinski definition) is 2. The van der Waals surface area contributed by atoms with Crippen LogP contribution in [-0.2, 0) is 9.59 Å². The van der Waals surface area contributed by atoms with E-state index in [2.05, 4.69) is 9.80 Å². The maximum Gasteiger partial charge on any atom is 0.312 e. The molecule has 8 nitrogen and oxygen atoms in total. The van der Waals surface area contributed by atoms with E-state index in [1.165, 1.54) is 0 Å². The van der Waals surface area contributed by atoms with Gasteiger partial charge >= 0.3 is 11.8 Å². The van der Waals surface area contributed by atoms with Crippen LogP contribution in [0.4, 0.5) is 0 Å². The summed E-state index contributed by atoms with van der Waals surface area (Å²) in [6, 6.07) is 0. The molecule has 2 heterocycles. The maximum absolute atomic E-state index is 12.3. The number of carbonyl (C=O) groups is 2. The van der Waals surface area contributed by atoms with Gasteiger partial charge in [0, 0.05) is 78.5 Å². The Morgan fingerprint density at radius 3 is 1.23 bits per heavy atom. The zero-order chi connectivity index (χ0) is 15.9. The summed E-state index contributed by atoms with van der Waals surface area (Å²) in [5, 5.41) is 0. The van der Waals surface area contributed by atoms with Crippen LogP contribution in [0.5, 0.6) is 0 Å². The van der Waals surface area contributed by atoms with E-state index in [-0.39, 0.29) is 11.8 Å². The molecule has 2 fully saturated rings. The first-order valence-electron chi connectivity index (χ1n) is 8.08. The lowest BCUT2D eigenvalue weighted by molar-refractivity contribution is -0.153. The van der Waals surface area contributed by atoms with Crippen LogP contribution in [-0.4, -0.2) is 110 Å². The van der Waals surface area contributed by atoms with Gasteiger partial charge in [-0.15, -0.1) is 0 Å². The van der Waals surface area contributed by atoms with Crippen molar-refractivity contribution < 1.29 is 9.59 Å². The van der Waals surface area contributed by atoms with E-state index in [9.17, 15) is 9.59 Å². The first-order chi connectivity index (χ1) is 10.7. The lowest BCUT2D eigenvalue weighted by Gasteiger charge is -2.37. The number of nitrogens with zero attached hydrogens (tertiary/aromatic N) is 4. The van der Waals surface area contributed by atoms with E-state index in [1.54, 1.807) is 9.80 Å². The molecule has 0 spiro atoms. The number of rotatable bonds is 4. The third-order valence-electron chi connectivity index (χ3n) is 4.39. The number of nitrogens with two attached hydrogens (primary N) is 2. The Kier molecular flexibility index (Phi) is 6.56. The van der Waals surface area contributed by atoms with Crippen molar-refractivity contribution in [3.8, 4) is 0 Å². The second-order valence-corrected chi connectivity index (χ2v) is 5.85. The van der Waals surface area contributed by atoms with Crippen molar-refractivity contribution in [2.45, 2.75) is 0 Å². The summed E-state index contributed by atoms with van der Waals surface area (Å²) < 4.78 is 0. The predicted octanol–water partition coefficient (Wildman–Crippen LogP) is -2.81. The monoisotopic (exact) mass is 312 g/mol. The van der Waals surface area contributed by atoms with Crippen LogP contribution < -0.4 is 11.5 Å². The van der Waals surface area contributed by atoms with Crippen LogP contribution in [0.2, 0.25) is 0 Å². The maximum atomic E-state index is 12.3. The molecule has 0 radical (unpaired) electrons. The summed E-state index contributed by atoms with van der Waals surface area (Å²) in [7, 11) is 0. The van der Waals surface area contributed by atoms with Crippen LogP contribution >= 0.6 is 0 Å². The van der Waals surface area contributed by atoms with Crippen LogP contribution in [0.3, 0.4) is 0 Å². The molecular weight excluding hydrogens is 284 g/mol. The second-order valence-electron chi connectivity index (χ2n) is 5.85. The molecule has 0 aromatic carbocycles. The molecule has 8 heteroatoms. The molecule has 2 amide bonds. The highest BCUT2D eigenvalue weighted by atomic mass is 16.2. The van der Waals surface area contributed by atoms with Gasteiger partial charge in [0.1, 0.15) is 0 Å². The molecule has 2 aliphatic heterocycles. The Bertz CT molecular complexity index is 340. The SMILES string of the molecule is NCCN1CCN(C(=O)C(=O)N2CCN(CCN)CC2)CC1. The Morgan fingerprint density at radius 2 is 0.955 bits per heavy atom. The molecule has 2 aliphatic rings. The van der Waals surface area contributed by atoms with Crippen molar-refractivity contribution in [1.29, 1.82) is 0 Å². The molecule has 0 atom stereocenters. The summed E-state index contributed by atoms with van der Waals surface area (Å²) in [6.07, 6.45) is 0. The average molecular weight is 312 g/mol. The molecule has 2 saturated heterocycles. The van der Waals surface area contributed by atoms with Gasteiger partial charge in [0.2, 0.25) is 0 Å². The van der Waals surface area contributed by atoms with Gasteiger partial charge < -0.3 is 21.3 Å². The van der Waals surface area contributed by atoms with Crippen molar-refractivity contribution in [3.05, 3.63) is 0 Å². The van der Waals surface area contributed by atoms with Gasteiger partial charge in [0.25, 0.3) is 0 Å². The van der Waals surface area contributed by atoms with Gasteiger partial charge in [-0.1, -0.05) is 0 Å². The third kappa shape index (κ3) is 4.39. The summed E-state index contributed by atoms with van der Waals surface area (Å²) in [5.74, 6) is -0.723. The zero-order valence-corrected chi connectivity index (χ0v) is 13.2. The Labute approximate surface area is 132 Å². The van der Waals surface area contributed by atoms with Gasteiger partial charge in [-0.3, -0.25) is 19.4 Å². The minimum Gasteiger partial charge on any atom is -0.332 e. The normalized spacial score (nSPS) is 21.2. The van der Waals surface area contributed by atoms with Crippen molar-refractivity contribution in [2.24, 2.45) is 11.5 Å². The molecule has 2 rings (SSSR count). The lowest BCUT2D eigenvalue weighted by Crippen LogP contribution is -2.56. The molecule has 126 valence electrons. The third-order valence-corrected chi connectivity index (χ3v) is 4.39. The van der Waals surface area contributed by atoms with Crippen LogP contribution in [0, 0.1) is 0 Å². The average Bonchev–Trinajstić information content (AvgIpc) is 2.55. The minimum atomic E-state index is -0.361. The van der Waals surface area contributed by atoms with Crippen LogP contribution in [0.15, 0.2) is 0 Å². The van der Waals surface area contributed by atoms with Crippen LogP contribution in [0.1, 0.15) is 0 Å². The number of piperazine rings is 2. The zero-order valence-electron chi connectivity index (χ0n) is 13.2. The lowest BCUT2D eigenvalue weighted by atomic mass is 10.2. The standard InChI is InChI=1S/C14H28N6O2/c15-1-3-17-5-9-19(10-6-17)13(21)14(22)20-11-7-18(4-2-16)8-12-20/h1-12,15-16H2. The topological polar surface area (TPSA) is 99.1 Å². The van der Waals surface area contributed by atoms with Gasteiger partial charge in [-0.2, -0.15) is 0 Å². The van der Waals surface area contributed by atoms with Gasteiger partial charge in [-0.25, -0.2) is 0 Å². The molecule has 0 saturated carbocycles. The highest BCUT2D eigenvalue weighted by molar-refractivity contribution is 6.34. The van der Waals surface area contributed by atoms with E-state index >= 15 is 0 Å². The van der Waals surface area contributed by atoms with Gasteiger partial charge in [0.15, 0.2) is 0 Å².